The van der Waals surface area contributed by atoms with E-state index in [1.54, 1.807) is 0 Å². The summed E-state index contributed by atoms with van der Waals surface area (Å²) >= 11 is 0. The van der Waals surface area contributed by atoms with E-state index in [4.69, 9.17) is 0 Å². The number of aryl methyl sites for hydroxylation is 2. The Hall–Kier alpha value is -1.08. The van der Waals surface area contributed by atoms with Crippen LogP contribution in [0.1, 0.15) is 16.7 Å². The highest BCUT2D eigenvalue weighted by Gasteiger charge is 2.08. The molecule has 0 heterocycles. The first-order chi connectivity index (χ1) is 7.88. The SMILES string of the molecule is Cc1ccc(/C=C/C=C\C[Si](C)(C)C)cc1C. The van der Waals surface area contributed by atoms with E-state index in [2.05, 4.69) is 76.0 Å². The molecule has 0 aliphatic rings. The van der Waals surface area contributed by atoms with Crippen LogP contribution in [0.25, 0.3) is 6.08 Å². The van der Waals surface area contributed by atoms with Crippen LogP contribution in [0.15, 0.2) is 36.4 Å². The molecule has 0 unspecified atom stereocenters. The van der Waals surface area contributed by atoms with Gasteiger partial charge < -0.3 is 0 Å². The third kappa shape index (κ3) is 5.69. The van der Waals surface area contributed by atoms with E-state index in [-0.39, 0.29) is 0 Å². The van der Waals surface area contributed by atoms with Gasteiger partial charge in [0.1, 0.15) is 0 Å². The molecule has 1 heteroatoms. The van der Waals surface area contributed by atoms with E-state index < -0.39 is 8.07 Å². The molecule has 92 valence electrons. The molecule has 1 aromatic rings. The second kappa shape index (κ2) is 6.01. The summed E-state index contributed by atoms with van der Waals surface area (Å²) in [6.45, 7) is 11.5. The molecule has 0 radical (unpaired) electrons. The van der Waals surface area contributed by atoms with Crippen molar-refractivity contribution in [1.82, 2.24) is 0 Å². The van der Waals surface area contributed by atoms with E-state index in [9.17, 15) is 0 Å². The molecule has 0 nitrogen and oxygen atoms in total. The molecule has 0 aromatic heterocycles. The first-order valence-corrected chi connectivity index (χ1v) is 10.00. The van der Waals surface area contributed by atoms with Crippen molar-refractivity contribution in [2.75, 3.05) is 0 Å². The fourth-order valence-electron chi connectivity index (χ4n) is 1.54. The molecular weight excluding hydrogens is 220 g/mol. The molecule has 0 fully saturated rings. The number of hydrogen-bond acceptors (Lipinski definition) is 0. The summed E-state index contributed by atoms with van der Waals surface area (Å²) in [5.41, 5.74) is 4.00. The van der Waals surface area contributed by atoms with Gasteiger partial charge in [0.15, 0.2) is 0 Å². The zero-order chi connectivity index (χ0) is 12.9. The Morgan fingerprint density at radius 3 is 2.29 bits per heavy atom. The van der Waals surface area contributed by atoms with E-state index in [1.807, 2.05) is 0 Å². The molecule has 0 atom stereocenters. The summed E-state index contributed by atoms with van der Waals surface area (Å²) in [5, 5.41) is 0. The summed E-state index contributed by atoms with van der Waals surface area (Å²) in [4.78, 5) is 0. The molecule has 17 heavy (non-hydrogen) atoms. The van der Waals surface area contributed by atoms with Crippen LogP contribution in [0.3, 0.4) is 0 Å². The molecule has 0 spiro atoms. The number of rotatable bonds is 4. The summed E-state index contributed by atoms with van der Waals surface area (Å²) < 4.78 is 0. The minimum atomic E-state index is -0.924. The van der Waals surface area contributed by atoms with Crippen molar-refractivity contribution in [1.29, 1.82) is 0 Å². The molecule has 1 rings (SSSR count). The van der Waals surface area contributed by atoms with Crippen molar-refractivity contribution in [2.24, 2.45) is 0 Å². The number of allylic oxidation sites excluding steroid dienone is 3. The Morgan fingerprint density at radius 1 is 1.00 bits per heavy atom. The lowest BCUT2D eigenvalue weighted by Gasteiger charge is -2.10. The molecule has 0 aliphatic heterocycles. The van der Waals surface area contributed by atoms with Gasteiger partial charge in [-0.25, -0.2) is 0 Å². The Kier molecular flexibility index (Phi) is 4.95. The Bertz CT molecular complexity index is 420. The summed E-state index contributed by atoms with van der Waals surface area (Å²) in [7, 11) is -0.924. The van der Waals surface area contributed by atoms with Crippen molar-refractivity contribution in [2.45, 2.75) is 39.5 Å². The minimum absolute atomic E-state index is 0.924. The molecular formula is C16H24Si. The van der Waals surface area contributed by atoms with E-state index in [1.165, 1.54) is 22.7 Å². The second-order valence-electron chi connectivity index (χ2n) is 5.90. The topological polar surface area (TPSA) is 0 Å². The van der Waals surface area contributed by atoms with Gasteiger partial charge in [0, 0.05) is 8.07 Å². The highest BCUT2D eigenvalue weighted by Crippen LogP contribution is 2.12. The quantitative estimate of drug-likeness (QED) is 0.504. The molecule has 0 aliphatic carbocycles. The Labute approximate surface area is 107 Å². The van der Waals surface area contributed by atoms with Crippen LogP contribution < -0.4 is 0 Å². The number of hydrogen-bond donors (Lipinski definition) is 0. The van der Waals surface area contributed by atoms with Crippen LogP contribution in [0.5, 0.6) is 0 Å². The average Bonchev–Trinajstić information content (AvgIpc) is 2.21. The van der Waals surface area contributed by atoms with Crippen molar-refractivity contribution in [3.8, 4) is 0 Å². The van der Waals surface area contributed by atoms with Crippen LogP contribution >= 0.6 is 0 Å². The minimum Gasteiger partial charge on any atom is -0.0872 e. The molecule has 0 N–H and O–H groups in total. The zero-order valence-corrected chi connectivity index (χ0v) is 12.7. The van der Waals surface area contributed by atoms with Gasteiger partial charge in [0.25, 0.3) is 0 Å². The predicted molar refractivity (Wildman–Crippen MR) is 82.2 cm³/mol. The van der Waals surface area contributed by atoms with E-state index in [0.29, 0.717) is 0 Å². The predicted octanol–water partition coefficient (Wildman–Crippen LogP) is 5.21. The third-order valence-electron chi connectivity index (χ3n) is 2.80. The van der Waals surface area contributed by atoms with Crippen LogP contribution in [-0.2, 0) is 0 Å². The molecule has 1 aromatic carbocycles. The lowest BCUT2D eigenvalue weighted by Crippen LogP contribution is -2.17. The zero-order valence-electron chi connectivity index (χ0n) is 11.7. The third-order valence-corrected chi connectivity index (χ3v) is 4.26. The van der Waals surface area contributed by atoms with Crippen molar-refractivity contribution >= 4 is 14.1 Å². The fourth-order valence-corrected chi connectivity index (χ4v) is 2.38. The maximum atomic E-state index is 2.39. The monoisotopic (exact) mass is 244 g/mol. The fraction of sp³-hybridized carbons (Fsp3) is 0.375. The largest absolute Gasteiger partial charge is 0.0872 e. The summed E-state index contributed by atoms with van der Waals surface area (Å²) in [6.07, 6.45) is 8.79. The molecule has 0 bridgehead atoms. The smallest absolute Gasteiger partial charge is 0.0480 e. The highest BCUT2D eigenvalue weighted by atomic mass is 28.3. The number of benzene rings is 1. The standard InChI is InChI=1S/C16H24Si/c1-14-10-11-16(13-15(14)2)9-7-6-8-12-17(3,4)5/h6-11,13H,12H2,1-5H3/b8-6-,9-7+. The van der Waals surface area contributed by atoms with Crippen molar-refractivity contribution in [3.05, 3.63) is 53.1 Å². The van der Waals surface area contributed by atoms with E-state index in [0.717, 1.165) is 0 Å². The first-order valence-electron chi connectivity index (χ1n) is 6.29. The van der Waals surface area contributed by atoms with Crippen LogP contribution in [0, 0.1) is 13.8 Å². The van der Waals surface area contributed by atoms with Gasteiger partial charge >= 0.3 is 0 Å². The van der Waals surface area contributed by atoms with Gasteiger partial charge in [-0.15, -0.1) is 0 Å². The molecule has 0 saturated heterocycles. The first kappa shape index (κ1) is 14.0. The summed E-state index contributed by atoms with van der Waals surface area (Å²) in [6, 6.07) is 7.84. The maximum Gasteiger partial charge on any atom is 0.0480 e. The Balaban J connectivity index is 2.57. The van der Waals surface area contributed by atoms with Crippen LogP contribution in [0.2, 0.25) is 25.7 Å². The van der Waals surface area contributed by atoms with Gasteiger partial charge in [-0.1, -0.05) is 62.1 Å². The lowest BCUT2D eigenvalue weighted by molar-refractivity contribution is 1.33. The van der Waals surface area contributed by atoms with Gasteiger partial charge in [0.05, 0.1) is 0 Å². The van der Waals surface area contributed by atoms with Gasteiger partial charge in [-0.3, -0.25) is 0 Å². The maximum absolute atomic E-state index is 2.39. The van der Waals surface area contributed by atoms with Crippen molar-refractivity contribution in [3.63, 3.8) is 0 Å². The van der Waals surface area contributed by atoms with Gasteiger partial charge in [-0.2, -0.15) is 0 Å². The van der Waals surface area contributed by atoms with Crippen molar-refractivity contribution < 1.29 is 0 Å². The lowest BCUT2D eigenvalue weighted by atomic mass is 10.1. The normalized spacial score (nSPS) is 12.8. The van der Waals surface area contributed by atoms with E-state index >= 15 is 0 Å². The average molecular weight is 244 g/mol. The second-order valence-corrected chi connectivity index (χ2v) is 11.4. The van der Waals surface area contributed by atoms with Gasteiger partial charge in [-0.05, 0) is 36.6 Å². The Morgan fingerprint density at radius 2 is 1.71 bits per heavy atom. The molecule has 0 saturated carbocycles. The highest BCUT2D eigenvalue weighted by molar-refractivity contribution is 6.76. The van der Waals surface area contributed by atoms with Crippen LogP contribution in [-0.4, -0.2) is 8.07 Å². The summed E-state index contributed by atoms with van der Waals surface area (Å²) in [5.74, 6) is 0. The molecule has 0 amide bonds. The van der Waals surface area contributed by atoms with Gasteiger partial charge in [0.2, 0.25) is 0 Å². The van der Waals surface area contributed by atoms with Crippen LogP contribution in [0.4, 0.5) is 0 Å².